The van der Waals surface area contributed by atoms with Gasteiger partial charge in [-0.2, -0.15) is 4.31 Å². The maximum atomic E-state index is 14.3. The summed E-state index contributed by atoms with van der Waals surface area (Å²) in [6, 6.07) is 17.2. The van der Waals surface area contributed by atoms with E-state index in [2.05, 4.69) is 15.5 Å². The van der Waals surface area contributed by atoms with Gasteiger partial charge in [0.2, 0.25) is 15.9 Å². The van der Waals surface area contributed by atoms with Crippen LogP contribution in [0.2, 0.25) is 0 Å². The van der Waals surface area contributed by atoms with Gasteiger partial charge in [-0.15, -0.1) is 0 Å². The molecule has 1 aromatic heterocycles. The van der Waals surface area contributed by atoms with Crippen molar-refractivity contribution in [3.8, 4) is 0 Å². The Morgan fingerprint density at radius 2 is 1.74 bits per heavy atom. The highest BCUT2D eigenvalue weighted by atomic mass is 32.2. The number of rotatable bonds is 17. The van der Waals surface area contributed by atoms with Gasteiger partial charge < -0.3 is 25.4 Å². The molecule has 0 radical (unpaired) electrons. The van der Waals surface area contributed by atoms with Crippen LogP contribution in [-0.2, 0) is 27.8 Å². The van der Waals surface area contributed by atoms with E-state index >= 15 is 0 Å². The lowest BCUT2D eigenvalue weighted by Gasteiger charge is -2.35. The lowest BCUT2D eigenvalue weighted by molar-refractivity contribution is -0.128. The number of nitrogens with one attached hydrogen (secondary N) is 1. The van der Waals surface area contributed by atoms with Gasteiger partial charge in [-0.3, -0.25) is 9.78 Å². The number of aliphatic hydroxyl groups is 1. The van der Waals surface area contributed by atoms with E-state index in [4.69, 9.17) is 5.21 Å². The molecule has 12 nitrogen and oxygen atoms in total. The molecule has 1 aliphatic heterocycles. The highest BCUT2D eigenvalue weighted by molar-refractivity contribution is 7.89. The molecular weight excluding hydrogens is 657 g/mol. The van der Waals surface area contributed by atoms with E-state index in [0.29, 0.717) is 31.6 Å². The van der Waals surface area contributed by atoms with Gasteiger partial charge in [0.1, 0.15) is 6.04 Å². The molecule has 0 spiro atoms. The summed E-state index contributed by atoms with van der Waals surface area (Å²) in [5.41, 5.74) is 3.16. The van der Waals surface area contributed by atoms with Crippen LogP contribution < -0.4 is 5.32 Å². The number of oxime groups is 1. The first kappa shape index (κ1) is 38.5. The molecule has 13 heteroatoms. The van der Waals surface area contributed by atoms with Crippen LogP contribution in [0.5, 0.6) is 0 Å². The van der Waals surface area contributed by atoms with Crippen molar-refractivity contribution in [3.05, 3.63) is 95.3 Å². The zero-order valence-electron chi connectivity index (χ0n) is 29.5. The minimum absolute atomic E-state index is 0.0273. The van der Waals surface area contributed by atoms with Crippen molar-refractivity contribution in [3.63, 3.8) is 0 Å². The normalized spacial score (nSPS) is 16.3. The van der Waals surface area contributed by atoms with Crippen molar-refractivity contribution in [2.45, 2.75) is 77.1 Å². The largest absolute Gasteiger partial charge is 0.411 e. The minimum atomic E-state index is -4.06. The Balaban J connectivity index is 1.59. The SMILES string of the molecule is CC[C@H](C)[C@@H](C(=O)N[C@@H](Cc1ccccc1)[C@@H](O)CN(CC(C)C)S(=O)(=O)c1ccc(C=NO)cc1)N1CCN(Cc2cccnc2C)C1=O. The predicted molar refractivity (Wildman–Crippen MR) is 192 cm³/mol. The number of carbonyl (C=O) groups is 2. The molecule has 50 heavy (non-hydrogen) atoms. The third kappa shape index (κ3) is 9.67. The summed E-state index contributed by atoms with van der Waals surface area (Å²) in [6.07, 6.45) is 2.51. The lowest BCUT2D eigenvalue weighted by atomic mass is 9.95. The Bertz CT molecular complexity index is 1700. The van der Waals surface area contributed by atoms with Crippen LogP contribution in [0.1, 0.15) is 56.5 Å². The Kier molecular flexibility index (Phi) is 13.5. The van der Waals surface area contributed by atoms with E-state index in [-0.39, 0.29) is 42.3 Å². The maximum absolute atomic E-state index is 14.3. The van der Waals surface area contributed by atoms with Crippen molar-refractivity contribution < 1.29 is 28.3 Å². The molecule has 1 fully saturated rings. The van der Waals surface area contributed by atoms with E-state index < -0.39 is 34.1 Å². The number of nitrogens with zero attached hydrogens (tertiary/aromatic N) is 5. The molecule has 2 aromatic carbocycles. The van der Waals surface area contributed by atoms with Gasteiger partial charge in [0.15, 0.2) is 0 Å². The number of aliphatic hydroxyl groups excluding tert-OH is 1. The maximum Gasteiger partial charge on any atom is 0.321 e. The highest BCUT2D eigenvalue weighted by Crippen LogP contribution is 2.24. The molecule has 0 saturated carbocycles. The minimum Gasteiger partial charge on any atom is -0.411 e. The molecule has 0 unspecified atom stereocenters. The van der Waals surface area contributed by atoms with Crippen molar-refractivity contribution in [1.82, 2.24) is 24.4 Å². The molecule has 3 aromatic rings. The van der Waals surface area contributed by atoms with Gasteiger partial charge >= 0.3 is 6.03 Å². The molecule has 270 valence electrons. The molecule has 1 aliphatic rings. The molecule has 0 bridgehead atoms. The van der Waals surface area contributed by atoms with Crippen LogP contribution in [0.3, 0.4) is 0 Å². The van der Waals surface area contributed by atoms with Gasteiger partial charge in [0.05, 0.1) is 23.3 Å². The smallest absolute Gasteiger partial charge is 0.321 e. The Morgan fingerprint density at radius 3 is 2.36 bits per heavy atom. The fourth-order valence-electron chi connectivity index (χ4n) is 6.20. The van der Waals surface area contributed by atoms with Crippen molar-refractivity contribution in [2.24, 2.45) is 17.0 Å². The quantitative estimate of drug-likeness (QED) is 0.108. The number of pyridine rings is 1. The number of benzene rings is 2. The summed E-state index contributed by atoms with van der Waals surface area (Å²) >= 11 is 0. The Morgan fingerprint density at radius 1 is 1.04 bits per heavy atom. The number of urea groups is 1. The van der Waals surface area contributed by atoms with E-state index in [9.17, 15) is 23.1 Å². The average molecular weight is 707 g/mol. The second-order valence-corrected chi connectivity index (χ2v) is 15.3. The average Bonchev–Trinajstić information content (AvgIpc) is 3.44. The first-order valence-electron chi connectivity index (χ1n) is 17.1. The first-order valence-corrected chi connectivity index (χ1v) is 18.6. The Hall–Kier alpha value is -4.33. The van der Waals surface area contributed by atoms with Crippen LogP contribution >= 0.6 is 0 Å². The van der Waals surface area contributed by atoms with Gasteiger partial charge in [-0.05, 0) is 60.1 Å². The lowest BCUT2D eigenvalue weighted by Crippen LogP contribution is -2.57. The van der Waals surface area contributed by atoms with E-state index in [1.54, 1.807) is 16.0 Å². The second-order valence-electron chi connectivity index (χ2n) is 13.4. The standard InChI is InChI=1S/C37H50N6O6S/c1-6-27(4)35(43-20-19-41(37(43)46)24-31-13-10-18-38-28(31)5)36(45)40-33(21-29-11-8-7-9-12-29)34(44)25-42(23-26(2)3)50(48,49)32-16-14-30(15-17-32)22-39-47/h7-18,22,26-27,33-35,44,47H,6,19-21,23-25H2,1-5H3,(H,40,45)/t27-,33-,34-,35-/m0/s1. The van der Waals surface area contributed by atoms with Gasteiger partial charge in [0.25, 0.3) is 0 Å². The molecule has 4 rings (SSSR count). The number of aromatic nitrogens is 1. The van der Waals surface area contributed by atoms with E-state index in [0.717, 1.165) is 16.8 Å². The molecular formula is C37H50N6O6S. The van der Waals surface area contributed by atoms with Gasteiger partial charge in [0, 0.05) is 44.6 Å². The van der Waals surface area contributed by atoms with Gasteiger partial charge in [-0.25, -0.2) is 13.2 Å². The summed E-state index contributed by atoms with van der Waals surface area (Å²) in [4.78, 5) is 35.7. The summed E-state index contributed by atoms with van der Waals surface area (Å²) in [7, 11) is -4.06. The zero-order chi connectivity index (χ0) is 36.4. The van der Waals surface area contributed by atoms with Gasteiger partial charge in [-0.1, -0.05) is 87.8 Å². The number of amides is 3. The number of carbonyl (C=O) groups excluding carboxylic acids is 2. The number of aryl methyl sites for hydroxylation is 1. The van der Waals surface area contributed by atoms with Crippen molar-refractivity contribution in [2.75, 3.05) is 26.2 Å². The Labute approximate surface area is 295 Å². The van der Waals surface area contributed by atoms with E-state index in [1.807, 2.05) is 77.1 Å². The van der Waals surface area contributed by atoms with Crippen LogP contribution in [0, 0.1) is 18.8 Å². The third-order valence-electron chi connectivity index (χ3n) is 9.17. The zero-order valence-corrected chi connectivity index (χ0v) is 30.3. The topological polar surface area (TPSA) is 156 Å². The highest BCUT2D eigenvalue weighted by Gasteiger charge is 2.41. The van der Waals surface area contributed by atoms with Crippen LogP contribution in [-0.4, -0.2) is 100 Å². The molecule has 0 aliphatic carbocycles. The summed E-state index contributed by atoms with van der Waals surface area (Å²) in [5.74, 6) is -0.647. The van der Waals surface area contributed by atoms with Crippen LogP contribution in [0.25, 0.3) is 0 Å². The second kappa shape index (κ2) is 17.6. The number of hydrogen-bond donors (Lipinski definition) is 3. The van der Waals surface area contributed by atoms with Crippen molar-refractivity contribution >= 4 is 28.2 Å². The van der Waals surface area contributed by atoms with Crippen molar-refractivity contribution in [1.29, 1.82) is 0 Å². The van der Waals surface area contributed by atoms with Crippen LogP contribution in [0.15, 0.2) is 83.0 Å². The third-order valence-corrected chi connectivity index (χ3v) is 11.0. The van der Waals surface area contributed by atoms with E-state index in [1.165, 1.54) is 34.8 Å². The molecule has 1 saturated heterocycles. The molecule has 4 atom stereocenters. The molecule has 3 amide bonds. The summed E-state index contributed by atoms with van der Waals surface area (Å²) in [5, 5.41) is 26.7. The fourth-order valence-corrected chi connectivity index (χ4v) is 7.82. The predicted octanol–water partition coefficient (Wildman–Crippen LogP) is 4.29. The molecule has 3 N–H and O–H groups in total. The molecule has 2 heterocycles. The first-order chi connectivity index (χ1) is 23.8. The summed E-state index contributed by atoms with van der Waals surface area (Å²) in [6.45, 7) is 10.7. The number of hydrogen-bond acceptors (Lipinski definition) is 8. The number of sulfonamides is 1. The monoisotopic (exact) mass is 706 g/mol. The fraction of sp³-hybridized carbons (Fsp3) is 0.459. The van der Waals surface area contributed by atoms with Crippen LogP contribution in [0.4, 0.5) is 4.79 Å². The summed E-state index contributed by atoms with van der Waals surface area (Å²) < 4.78 is 29.0.